The Bertz CT molecular complexity index is 138. The smallest absolute Gasteiger partial charge is 0.0803 e. The molecular formula is C12H27NO. The molecule has 0 heterocycles. The van der Waals surface area contributed by atoms with Gasteiger partial charge in [-0.2, -0.15) is 0 Å². The van der Waals surface area contributed by atoms with Crippen LogP contribution in [0.4, 0.5) is 0 Å². The van der Waals surface area contributed by atoms with E-state index in [9.17, 15) is 0 Å². The van der Waals surface area contributed by atoms with Crippen LogP contribution in [0.1, 0.15) is 53.4 Å². The summed E-state index contributed by atoms with van der Waals surface area (Å²) in [6.45, 7) is 9.52. The molecule has 0 aliphatic heterocycles. The van der Waals surface area contributed by atoms with Crippen molar-refractivity contribution in [3.63, 3.8) is 0 Å². The van der Waals surface area contributed by atoms with Crippen LogP contribution in [0.15, 0.2) is 0 Å². The van der Waals surface area contributed by atoms with E-state index in [0.29, 0.717) is 6.04 Å². The Labute approximate surface area is 89.4 Å². The summed E-state index contributed by atoms with van der Waals surface area (Å²) in [5, 5.41) is 3.39. The average Bonchev–Trinajstić information content (AvgIpc) is 2.19. The van der Waals surface area contributed by atoms with Crippen molar-refractivity contribution < 1.29 is 4.74 Å². The first-order valence-electron chi connectivity index (χ1n) is 5.95. The van der Waals surface area contributed by atoms with Gasteiger partial charge in [0.2, 0.25) is 0 Å². The van der Waals surface area contributed by atoms with E-state index in [0.717, 1.165) is 13.0 Å². The predicted molar refractivity (Wildman–Crippen MR) is 62.7 cm³/mol. The van der Waals surface area contributed by atoms with Crippen molar-refractivity contribution in [2.75, 3.05) is 13.7 Å². The van der Waals surface area contributed by atoms with Crippen molar-refractivity contribution in [2.45, 2.75) is 65.0 Å². The number of rotatable bonds is 8. The summed E-state index contributed by atoms with van der Waals surface area (Å²) in [7, 11) is 2.03. The summed E-state index contributed by atoms with van der Waals surface area (Å²) in [5.41, 5.74) is -0.00132. The third-order valence-electron chi connectivity index (χ3n) is 3.11. The molecule has 2 heteroatoms. The van der Waals surface area contributed by atoms with E-state index in [1.165, 1.54) is 19.3 Å². The molecule has 0 spiro atoms. The van der Waals surface area contributed by atoms with Gasteiger partial charge in [-0.3, -0.25) is 0 Å². The van der Waals surface area contributed by atoms with Crippen molar-refractivity contribution in [3.05, 3.63) is 0 Å². The summed E-state index contributed by atoms with van der Waals surface area (Å²) >= 11 is 0. The van der Waals surface area contributed by atoms with Crippen LogP contribution in [-0.4, -0.2) is 25.3 Å². The Hall–Kier alpha value is -0.0800. The van der Waals surface area contributed by atoms with Crippen molar-refractivity contribution in [2.24, 2.45) is 0 Å². The molecule has 2 atom stereocenters. The minimum atomic E-state index is -0.00132. The van der Waals surface area contributed by atoms with E-state index in [-0.39, 0.29) is 5.60 Å². The zero-order chi connectivity index (χ0) is 11.0. The molecular weight excluding hydrogens is 174 g/mol. The maximum absolute atomic E-state index is 5.87. The fourth-order valence-corrected chi connectivity index (χ4v) is 1.94. The maximum Gasteiger partial charge on any atom is 0.0803 e. The molecule has 0 saturated carbocycles. The summed E-state index contributed by atoms with van der Waals surface area (Å²) < 4.78 is 5.87. The van der Waals surface area contributed by atoms with Crippen LogP contribution in [0.5, 0.6) is 0 Å². The lowest BCUT2D eigenvalue weighted by molar-refractivity contribution is -0.0557. The first-order valence-corrected chi connectivity index (χ1v) is 5.95. The predicted octanol–water partition coefficient (Wildman–Crippen LogP) is 2.97. The molecule has 0 saturated heterocycles. The van der Waals surface area contributed by atoms with Gasteiger partial charge in [0.15, 0.2) is 0 Å². The Morgan fingerprint density at radius 3 is 2.29 bits per heavy atom. The average molecular weight is 201 g/mol. The topological polar surface area (TPSA) is 21.3 Å². The minimum Gasteiger partial charge on any atom is -0.374 e. The van der Waals surface area contributed by atoms with Crippen LogP contribution in [0, 0.1) is 0 Å². The zero-order valence-corrected chi connectivity index (χ0v) is 10.5. The van der Waals surface area contributed by atoms with E-state index in [1.54, 1.807) is 0 Å². The molecule has 0 fully saturated rings. The van der Waals surface area contributed by atoms with Gasteiger partial charge in [-0.1, -0.05) is 26.7 Å². The second kappa shape index (κ2) is 7.24. The molecule has 0 rings (SSSR count). The van der Waals surface area contributed by atoms with E-state index >= 15 is 0 Å². The van der Waals surface area contributed by atoms with Gasteiger partial charge in [-0.05, 0) is 33.7 Å². The number of nitrogens with one attached hydrogen (secondary N) is 1. The SMILES string of the molecule is CCCCC(NC)C(C)(CC)OCC. The van der Waals surface area contributed by atoms with Crippen LogP contribution >= 0.6 is 0 Å². The van der Waals surface area contributed by atoms with Crippen LogP contribution in [-0.2, 0) is 4.74 Å². The van der Waals surface area contributed by atoms with Crippen molar-refractivity contribution >= 4 is 0 Å². The third kappa shape index (κ3) is 3.97. The monoisotopic (exact) mass is 201 g/mol. The van der Waals surface area contributed by atoms with Crippen molar-refractivity contribution in [3.8, 4) is 0 Å². The molecule has 0 amide bonds. The summed E-state index contributed by atoms with van der Waals surface area (Å²) in [4.78, 5) is 0. The number of likely N-dealkylation sites (N-methyl/N-ethyl adjacent to an activating group) is 1. The minimum absolute atomic E-state index is 0.00132. The molecule has 14 heavy (non-hydrogen) atoms. The summed E-state index contributed by atoms with van der Waals surface area (Å²) in [5.74, 6) is 0. The van der Waals surface area contributed by atoms with Gasteiger partial charge >= 0.3 is 0 Å². The third-order valence-corrected chi connectivity index (χ3v) is 3.11. The van der Waals surface area contributed by atoms with Gasteiger partial charge in [0.1, 0.15) is 0 Å². The Morgan fingerprint density at radius 2 is 1.93 bits per heavy atom. The van der Waals surface area contributed by atoms with Crippen LogP contribution in [0.2, 0.25) is 0 Å². The molecule has 0 aromatic rings. The summed E-state index contributed by atoms with van der Waals surface area (Å²) in [6, 6.07) is 0.479. The van der Waals surface area contributed by atoms with E-state index in [1.807, 2.05) is 7.05 Å². The molecule has 0 aromatic carbocycles. The first kappa shape index (κ1) is 13.9. The molecule has 2 nitrogen and oxygen atoms in total. The molecule has 0 bridgehead atoms. The molecule has 1 N–H and O–H groups in total. The maximum atomic E-state index is 5.87. The Morgan fingerprint density at radius 1 is 1.29 bits per heavy atom. The Balaban J connectivity index is 4.26. The van der Waals surface area contributed by atoms with E-state index in [2.05, 4.69) is 33.0 Å². The van der Waals surface area contributed by atoms with Gasteiger partial charge in [0, 0.05) is 12.6 Å². The van der Waals surface area contributed by atoms with Crippen LogP contribution in [0.25, 0.3) is 0 Å². The lowest BCUT2D eigenvalue weighted by Crippen LogP contribution is -2.49. The fourth-order valence-electron chi connectivity index (χ4n) is 1.94. The number of ether oxygens (including phenoxy) is 1. The van der Waals surface area contributed by atoms with Crippen LogP contribution < -0.4 is 5.32 Å². The second-order valence-corrected chi connectivity index (χ2v) is 4.08. The van der Waals surface area contributed by atoms with Gasteiger partial charge in [0.25, 0.3) is 0 Å². The second-order valence-electron chi connectivity index (χ2n) is 4.08. The van der Waals surface area contributed by atoms with Crippen molar-refractivity contribution in [1.82, 2.24) is 5.32 Å². The first-order chi connectivity index (χ1) is 6.64. The summed E-state index contributed by atoms with van der Waals surface area (Å²) in [6.07, 6.45) is 4.80. The lowest BCUT2D eigenvalue weighted by atomic mass is 9.89. The largest absolute Gasteiger partial charge is 0.374 e. The number of hydrogen-bond donors (Lipinski definition) is 1. The van der Waals surface area contributed by atoms with E-state index in [4.69, 9.17) is 4.74 Å². The van der Waals surface area contributed by atoms with Gasteiger partial charge in [-0.15, -0.1) is 0 Å². The lowest BCUT2D eigenvalue weighted by Gasteiger charge is -2.36. The van der Waals surface area contributed by atoms with E-state index < -0.39 is 0 Å². The zero-order valence-electron chi connectivity index (χ0n) is 10.5. The normalized spacial score (nSPS) is 17.8. The molecule has 0 aromatic heterocycles. The Kier molecular flexibility index (Phi) is 7.20. The molecule has 0 aliphatic rings. The highest BCUT2D eigenvalue weighted by Gasteiger charge is 2.31. The molecule has 0 radical (unpaired) electrons. The van der Waals surface area contributed by atoms with Gasteiger partial charge in [-0.25, -0.2) is 0 Å². The highest BCUT2D eigenvalue weighted by Crippen LogP contribution is 2.23. The fraction of sp³-hybridized carbons (Fsp3) is 1.00. The van der Waals surface area contributed by atoms with Gasteiger partial charge in [0.05, 0.1) is 5.60 Å². The van der Waals surface area contributed by atoms with Crippen LogP contribution in [0.3, 0.4) is 0 Å². The van der Waals surface area contributed by atoms with Crippen molar-refractivity contribution in [1.29, 1.82) is 0 Å². The number of hydrogen-bond acceptors (Lipinski definition) is 2. The standard InChI is InChI=1S/C12H27NO/c1-6-9-10-11(13-5)12(4,7-2)14-8-3/h11,13H,6-10H2,1-5H3. The quantitative estimate of drug-likeness (QED) is 0.652. The highest BCUT2D eigenvalue weighted by atomic mass is 16.5. The molecule has 86 valence electrons. The molecule has 0 aliphatic carbocycles. The molecule has 2 unspecified atom stereocenters. The number of unbranched alkanes of at least 4 members (excludes halogenated alkanes) is 1. The van der Waals surface area contributed by atoms with Gasteiger partial charge < -0.3 is 10.1 Å². The highest BCUT2D eigenvalue weighted by molar-refractivity contribution is 4.87.